The molecule has 0 radical (unpaired) electrons. The number of likely N-dealkylation sites (tertiary alicyclic amines) is 1. The molecule has 0 spiro atoms. The second-order valence-corrected chi connectivity index (χ2v) is 8.13. The van der Waals surface area contributed by atoms with E-state index in [1.54, 1.807) is 11.8 Å². The van der Waals surface area contributed by atoms with Crippen LogP contribution in [0.5, 0.6) is 0 Å². The van der Waals surface area contributed by atoms with Crippen LogP contribution in [0.15, 0.2) is 30.3 Å². The van der Waals surface area contributed by atoms with Crippen molar-refractivity contribution in [1.29, 1.82) is 0 Å². The van der Waals surface area contributed by atoms with Crippen molar-refractivity contribution in [2.24, 2.45) is 5.92 Å². The molecule has 1 heterocycles. The molecule has 1 aliphatic rings. The lowest BCUT2D eigenvalue weighted by molar-refractivity contribution is -0.146. The summed E-state index contributed by atoms with van der Waals surface area (Å²) in [7, 11) is 2.84. The first-order valence-corrected chi connectivity index (χ1v) is 11.3. The van der Waals surface area contributed by atoms with E-state index < -0.39 is 24.0 Å². The summed E-state index contributed by atoms with van der Waals surface area (Å²) in [5.74, 6) is -1.42. The molecular formula is C24H36N2O6. The van der Waals surface area contributed by atoms with Gasteiger partial charge in [-0.05, 0) is 24.8 Å². The summed E-state index contributed by atoms with van der Waals surface area (Å²) in [4.78, 5) is 39.6. The van der Waals surface area contributed by atoms with Gasteiger partial charge in [0, 0.05) is 20.1 Å². The Labute approximate surface area is 190 Å². The molecule has 1 aromatic carbocycles. The van der Waals surface area contributed by atoms with E-state index in [2.05, 4.69) is 5.32 Å². The fourth-order valence-corrected chi connectivity index (χ4v) is 4.08. The lowest BCUT2D eigenvalue weighted by atomic mass is 9.94. The summed E-state index contributed by atoms with van der Waals surface area (Å²) < 4.78 is 16.0. The molecule has 0 aliphatic carbocycles. The van der Waals surface area contributed by atoms with Crippen molar-refractivity contribution < 1.29 is 28.6 Å². The van der Waals surface area contributed by atoms with Crippen molar-refractivity contribution in [1.82, 2.24) is 10.2 Å². The molecule has 1 saturated heterocycles. The second-order valence-electron chi connectivity index (χ2n) is 8.13. The van der Waals surface area contributed by atoms with Gasteiger partial charge in [-0.25, -0.2) is 9.59 Å². The van der Waals surface area contributed by atoms with Gasteiger partial charge < -0.3 is 24.4 Å². The molecule has 32 heavy (non-hydrogen) atoms. The third-order valence-corrected chi connectivity index (χ3v) is 5.90. The number of nitrogens with zero attached hydrogens (tertiary/aromatic N) is 1. The summed E-state index contributed by atoms with van der Waals surface area (Å²) in [6.45, 7) is 4.74. The van der Waals surface area contributed by atoms with Crippen LogP contribution in [0.2, 0.25) is 0 Å². The maximum absolute atomic E-state index is 13.1. The minimum atomic E-state index is -0.812. The number of benzene rings is 1. The Hall–Kier alpha value is -2.61. The highest BCUT2D eigenvalue weighted by Gasteiger charge is 2.41. The van der Waals surface area contributed by atoms with Gasteiger partial charge in [-0.15, -0.1) is 0 Å². The molecule has 2 amide bonds. The highest BCUT2D eigenvalue weighted by atomic mass is 16.6. The van der Waals surface area contributed by atoms with Crippen molar-refractivity contribution in [2.75, 3.05) is 27.4 Å². The largest absolute Gasteiger partial charge is 0.467 e. The van der Waals surface area contributed by atoms with E-state index in [1.807, 2.05) is 37.3 Å². The Bertz CT molecular complexity index is 741. The Morgan fingerprint density at radius 2 is 1.91 bits per heavy atom. The van der Waals surface area contributed by atoms with Crippen molar-refractivity contribution in [3.63, 3.8) is 0 Å². The van der Waals surface area contributed by atoms with Crippen molar-refractivity contribution in [3.8, 4) is 0 Å². The standard InChI is InChI=1S/C24H36N2O6/c1-5-6-15-32-24(29)26-14-10-13-20(26)21(30-3)17(2)22(27)25-19(23(28)31-4)16-18-11-8-7-9-12-18/h7-9,11-12,17,19-21H,5-6,10,13-16H2,1-4H3,(H,25,27)/t17-,19+,20+,21-/m1/s1. The summed E-state index contributed by atoms with van der Waals surface area (Å²) >= 11 is 0. The lowest BCUT2D eigenvalue weighted by Crippen LogP contribution is -2.52. The zero-order valence-electron chi connectivity index (χ0n) is 19.5. The van der Waals surface area contributed by atoms with Gasteiger partial charge in [-0.2, -0.15) is 0 Å². The van der Waals surface area contributed by atoms with Crippen molar-refractivity contribution in [2.45, 2.75) is 64.1 Å². The number of methoxy groups -OCH3 is 2. The van der Waals surface area contributed by atoms with Crippen molar-refractivity contribution in [3.05, 3.63) is 35.9 Å². The first-order valence-electron chi connectivity index (χ1n) is 11.3. The smallest absolute Gasteiger partial charge is 0.410 e. The first kappa shape index (κ1) is 25.6. The van der Waals surface area contributed by atoms with Gasteiger partial charge >= 0.3 is 12.1 Å². The third kappa shape index (κ3) is 6.95. The Kier molecular flexibility index (Phi) is 10.5. The molecule has 1 aromatic rings. The van der Waals surface area contributed by atoms with E-state index in [1.165, 1.54) is 14.2 Å². The molecule has 4 atom stereocenters. The van der Waals surface area contributed by atoms with Crippen LogP contribution < -0.4 is 5.32 Å². The van der Waals surface area contributed by atoms with Crippen LogP contribution in [0.25, 0.3) is 0 Å². The van der Waals surface area contributed by atoms with Crippen LogP contribution in [-0.4, -0.2) is 68.4 Å². The van der Waals surface area contributed by atoms with E-state index in [4.69, 9.17) is 14.2 Å². The minimum absolute atomic E-state index is 0.263. The minimum Gasteiger partial charge on any atom is -0.467 e. The van der Waals surface area contributed by atoms with E-state index in [0.717, 1.165) is 31.2 Å². The Morgan fingerprint density at radius 3 is 2.53 bits per heavy atom. The van der Waals surface area contributed by atoms with E-state index in [-0.39, 0.29) is 18.0 Å². The molecule has 8 nitrogen and oxygen atoms in total. The number of hydrogen-bond acceptors (Lipinski definition) is 6. The molecule has 1 fully saturated rings. The predicted molar refractivity (Wildman–Crippen MR) is 120 cm³/mol. The maximum atomic E-state index is 13.1. The molecule has 1 aliphatic heterocycles. The van der Waals surface area contributed by atoms with Gasteiger partial charge in [-0.1, -0.05) is 50.6 Å². The number of rotatable bonds is 11. The molecule has 178 valence electrons. The average Bonchev–Trinajstić information content (AvgIpc) is 3.29. The number of carbonyl (C=O) groups is 3. The average molecular weight is 449 g/mol. The van der Waals surface area contributed by atoms with Gasteiger partial charge in [0.1, 0.15) is 6.04 Å². The summed E-state index contributed by atoms with van der Waals surface area (Å²) in [6, 6.07) is 8.36. The summed E-state index contributed by atoms with van der Waals surface area (Å²) in [5.41, 5.74) is 0.913. The highest BCUT2D eigenvalue weighted by Crippen LogP contribution is 2.27. The maximum Gasteiger partial charge on any atom is 0.410 e. The highest BCUT2D eigenvalue weighted by molar-refractivity contribution is 5.86. The number of unbranched alkanes of at least 4 members (excludes halogenated alkanes) is 1. The number of amides is 2. The van der Waals surface area contributed by atoms with E-state index in [0.29, 0.717) is 19.6 Å². The van der Waals surface area contributed by atoms with Crippen LogP contribution in [0.1, 0.15) is 45.1 Å². The molecule has 0 aromatic heterocycles. The molecule has 0 unspecified atom stereocenters. The Morgan fingerprint density at radius 1 is 1.19 bits per heavy atom. The predicted octanol–water partition coefficient (Wildman–Crippen LogP) is 2.94. The number of carbonyl (C=O) groups excluding carboxylic acids is 3. The van der Waals surface area contributed by atoms with Gasteiger partial charge in [0.2, 0.25) is 5.91 Å². The first-order chi connectivity index (χ1) is 15.4. The fraction of sp³-hybridized carbons (Fsp3) is 0.625. The number of ether oxygens (including phenoxy) is 3. The molecule has 1 N–H and O–H groups in total. The van der Waals surface area contributed by atoms with Gasteiger partial charge in [0.15, 0.2) is 0 Å². The molecule has 8 heteroatoms. The van der Waals surface area contributed by atoms with Crippen LogP contribution >= 0.6 is 0 Å². The molecule has 0 bridgehead atoms. The lowest BCUT2D eigenvalue weighted by Gasteiger charge is -2.33. The van der Waals surface area contributed by atoms with Crippen LogP contribution in [0.3, 0.4) is 0 Å². The molecule has 2 rings (SSSR count). The SMILES string of the molecule is CCCCOC(=O)N1CCC[C@H]1[C@H](OC)[C@@H](C)C(=O)N[C@@H](Cc1ccccc1)C(=O)OC. The second kappa shape index (κ2) is 13.1. The van der Waals surface area contributed by atoms with Gasteiger partial charge in [0.25, 0.3) is 0 Å². The fourth-order valence-electron chi connectivity index (χ4n) is 4.08. The number of nitrogens with one attached hydrogen (secondary N) is 1. The summed E-state index contributed by atoms with van der Waals surface area (Å²) in [6.07, 6.45) is 2.73. The van der Waals surface area contributed by atoms with Gasteiger partial charge in [-0.3, -0.25) is 4.79 Å². The van der Waals surface area contributed by atoms with E-state index >= 15 is 0 Å². The third-order valence-electron chi connectivity index (χ3n) is 5.90. The van der Waals surface area contributed by atoms with Crippen LogP contribution in [0.4, 0.5) is 4.79 Å². The normalized spacial score (nSPS) is 18.5. The topological polar surface area (TPSA) is 94.2 Å². The zero-order chi connectivity index (χ0) is 23.5. The monoisotopic (exact) mass is 448 g/mol. The van der Waals surface area contributed by atoms with E-state index in [9.17, 15) is 14.4 Å². The number of hydrogen-bond donors (Lipinski definition) is 1. The van der Waals surface area contributed by atoms with Crippen molar-refractivity contribution >= 4 is 18.0 Å². The summed E-state index contributed by atoms with van der Waals surface area (Å²) in [5, 5.41) is 2.81. The van der Waals surface area contributed by atoms with Crippen LogP contribution in [-0.2, 0) is 30.2 Å². The molecule has 0 saturated carbocycles. The van der Waals surface area contributed by atoms with Crippen LogP contribution in [0, 0.1) is 5.92 Å². The number of esters is 1. The zero-order valence-corrected chi connectivity index (χ0v) is 19.5. The van der Waals surface area contributed by atoms with Gasteiger partial charge in [0.05, 0.1) is 31.8 Å². The molecular weight excluding hydrogens is 412 g/mol. The quantitative estimate of drug-likeness (QED) is 0.413. The Balaban J connectivity index is 2.06.